The first kappa shape index (κ1) is 10.7. The fraction of sp³-hybridized carbons (Fsp3) is 0.636. The summed E-state index contributed by atoms with van der Waals surface area (Å²) in [4.78, 5) is 8.50. The fourth-order valence-corrected chi connectivity index (χ4v) is 1.86. The number of nitrogens with one attached hydrogen (secondary N) is 1. The molecule has 15 heavy (non-hydrogen) atoms. The average Bonchev–Trinajstić information content (AvgIpc) is 2.14. The maximum Gasteiger partial charge on any atom is 0.134 e. The van der Waals surface area contributed by atoms with Crippen molar-refractivity contribution in [2.45, 2.75) is 32.6 Å². The third kappa shape index (κ3) is 2.81. The smallest absolute Gasteiger partial charge is 0.134 e. The third-order valence-electron chi connectivity index (χ3n) is 2.85. The number of halogens is 1. The van der Waals surface area contributed by atoms with Gasteiger partial charge in [-0.25, -0.2) is 9.97 Å². The summed E-state index contributed by atoms with van der Waals surface area (Å²) in [6.07, 6.45) is 4.87. The molecule has 82 valence electrons. The average molecular weight is 226 g/mol. The molecule has 1 heterocycles. The van der Waals surface area contributed by atoms with E-state index in [0.29, 0.717) is 5.15 Å². The van der Waals surface area contributed by atoms with Crippen LogP contribution in [0.15, 0.2) is 6.07 Å². The lowest BCUT2D eigenvalue weighted by Crippen LogP contribution is -2.21. The Kier molecular flexibility index (Phi) is 3.41. The van der Waals surface area contributed by atoms with E-state index in [1.165, 1.54) is 19.3 Å². The monoisotopic (exact) mass is 225 g/mol. The highest BCUT2D eigenvalue weighted by atomic mass is 35.5. The summed E-state index contributed by atoms with van der Waals surface area (Å²) >= 11 is 5.90. The van der Waals surface area contributed by atoms with E-state index in [4.69, 9.17) is 11.6 Å². The van der Waals surface area contributed by atoms with Crippen LogP contribution in [-0.2, 0) is 6.42 Å². The van der Waals surface area contributed by atoms with Crippen LogP contribution in [0.4, 0.5) is 5.82 Å². The van der Waals surface area contributed by atoms with Gasteiger partial charge in [0, 0.05) is 19.0 Å². The van der Waals surface area contributed by atoms with E-state index in [1.54, 1.807) is 6.07 Å². The fourth-order valence-electron chi connectivity index (χ4n) is 1.66. The van der Waals surface area contributed by atoms with Crippen molar-refractivity contribution < 1.29 is 0 Å². The minimum Gasteiger partial charge on any atom is -0.370 e. The first-order valence-corrected chi connectivity index (χ1v) is 5.93. The van der Waals surface area contributed by atoms with Crippen LogP contribution in [-0.4, -0.2) is 16.5 Å². The standard InChI is InChI=1S/C11H16ClN3/c1-2-10-14-9(12)6-11(15-10)13-7-8-4-3-5-8/h6,8H,2-5,7H2,1H3,(H,13,14,15). The highest BCUT2D eigenvalue weighted by Gasteiger charge is 2.16. The second-order valence-electron chi connectivity index (χ2n) is 4.02. The molecular weight excluding hydrogens is 210 g/mol. The molecule has 1 aliphatic carbocycles. The Morgan fingerprint density at radius 3 is 2.87 bits per heavy atom. The zero-order valence-corrected chi connectivity index (χ0v) is 9.72. The number of aromatic nitrogens is 2. The molecular formula is C11H16ClN3. The maximum absolute atomic E-state index is 5.90. The normalized spacial score (nSPS) is 16.1. The van der Waals surface area contributed by atoms with Gasteiger partial charge in [-0.1, -0.05) is 24.9 Å². The van der Waals surface area contributed by atoms with E-state index >= 15 is 0 Å². The van der Waals surface area contributed by atoms with E-state index < -0.39 is 0 Å². The van der Waals surface area contributed by atoms with Crippen molar-refractivity contribution in [3.05, 3.63) is 17.0 Å². The van der Waals surface area contributed by atoms with Crippen molar-refractivity contribution in [1.82, 2.24) is 9.97 Å². The van der Waals surface area contributed by atoms with Gasteiger partial charge in [0.25, 0.3) is 0 Å². The van der Waals surface area contributed by atoms with Gasteiger partial charge in [0.05, 0.1) is 0 Å². The number of hydrogen-bond donors (Lipinski definition) is 1. The minimum atomic E-state index is 0.526. The Morgan fingerprint density at radius 1 is 1.47 bits per heavy atom. The molecule has 1 saturated carbocycles. The molecule has 1 aromatic rings. The Morgan fingerprint density at radius 2 is 2.27 bits per heavy atom. The van der Waals surface area contributed by atoms with Crippen LogP contribution in [0.2, 0.25) is 5.15 Å². The van der Waals surface area contributed by atoms with Crippen LogP contribution >= 0.6 is 11.6 Å². The van der Waals surface area contributed by atoms with Gasteiger partial charge in [-0.05, 0) is 18.8 Å². The van der Waals surface area contributed by atoms with E-state index in [9.17, 15) is 0 Å². The highest BCUT2D eigenvalue weighted by Crippen LogP contribution is 2.26. The molecule has 1 aliphatic rings. The van der Waals surface area contributed by atoms with Crippen molar-refractivity contribution in [3.8, 4) is 0 Å². The summed E-state index contributed by atoms with van der Waals surface area (Å²) in [6, 6.07) is 1.79. The molecule has 0 spiro atoms. The van der Waals surface area contributed by atoms with Crippen LogP contribution in [0.3, 0.4) is 0 Å². The quantitative estimate of drug-likeness (QED) is 0.801. The van der Waals surface area contributed by atoms with Gasteiger partial charge in [0.2, 0.25) is 0 Å². The lowest BCUT2D eigenvalue weighted by Gasteiger charge is -2.25. The van der Waals surface area contributed by atoms with Crippen LogP contribution in [0, 0.1) is 5.92 Å². The lowest BCUT2D eigenvalue weighted by atomic mass is 9.85. The number of aryl methyl sites for hydroxylation is 1. The van der Waals surface area contributed by atoms with E-state index in [-0.39, 0.29) is 0 Å². The first-order chi connectivity index (χ1) is 7.28. The van der Waals surface area contributed by atoms with Gasteiger partial charge < -0.3 is 5.32 Å². The van der Waals surface area contributed by atoms with E-state index in [2.05, 4.69) is 15.3 Å². The number of anilines is 1. The van der Waals surface area contributed by atoms with Gasteiger partial charge in [0.15, 0.2) is 0 Å². The van der Waals surface area contributed by atoms with Gasteiger partial charge in [-0.15, -0.1) is 0 Å². The number of hydrogen-bond acceptors (Lipinski definition) is 3. The Bertz CT molecular complexity index is 337. The lowest BCUT2D eigenvalue weighted by molar-refractivity contribution is 0.333. The van der Waals surface area contributed by atoms with Crippen molar-refractivity contribution in [3.63, 3.8) is 0 Å². The van der Waals surface area contributed by atoms with Crippen molar-refractivity contribution in [1.29, 1.82) is 0 Å². The third-order valence-corrected chi connectivity index (χ3v) is 3.05. The molecule has 0 amide bonds. The van der Waals surface area contributed by atoms with Crippen molar-refractivity contribution in [2.75, 3.05) is 11.9 Å². The molecule has 4 heteroatoms. The Balaban J connectivity index is 1.96. The zero-order valence-electron chi connectivity index (χ0n) is 8.96. The summed E-state index contributed by atoms with van der Waals surface area (Å²) in [5.74, 6) is 2.49. The van der Waals surface area contributed by atoms with Crippen LogP contribution in [0.1, 0.15) is 32.0 Å². The van der Waals surface area contributed by atoms with E-state index in [1.807, 2.05) is 6.92 Å². The predicted molar refractivity (Wildman–Crippen MR) is 62.3 cm³/mol. The molecule has 0 aliphatic heterocycles. The second kappa shape index (κ2) is 4.79. The molecule has 3 nitrogen and oxygen atoms in total. The SMILES string of the molecule is CCc1nc(Cl)cc(NCC2CCC2)n1. The molecule has 1 fully saturated rings. The van der Waals surface area contributed by atoms with Crippen molar-refractivity contribution in [2.24, 2.45) is 5.92 Å². The molecule has 1 aromatic heterocycles. The molecule has 2 rings (SSSR count). The Labute approximate surface area is 95.3 Å². The maximum atomic E-state index is 5.90. The topological polar surface area (TPSA) is 37.8 Å². The van der Waals surface area contributed by atoms with Gasteiger partial charge in [-0.2, -0.15) is 0 Å². The van der Waals surface area contributed by atoms with Gasteiger partial charge in [-0.3, -0.25) is 0 Å². The minimum absolute atomic E-state index is 0.526. The summed E-state index contributed by atoms with van der Waals surface area (Å²) in [5, 5.41) is 3.85. The molecule has 0 saturated heterocycles. The number of nitrogens with zero attached hydrogens (tertiary/aromatic N) is 2. The summed E-state index contributed by atoms with van der Waals surface area (Å²) in [7, 11) is 0. The molecule has 1 N–H and O–H groups in total. The van der Waals surface area contributed by atoms with E-state index in [0.717, 1.165) is 30.5 Å². The Hall–Kier alpha value is -0.830. The summed E-state index contributed by atoms with van der Waals surface area (Å²) in [6.45, 7) is 3.04. The van der Waals surface area contributed by atoms with Gasteiger partial charge in [0.1, 0.15) is 16.8 Å². The predicted octanol–water partition coefficient (Wildman–Crippen LogP) is 2.90. The molecule has 0 bridgehead atoms. The molecule has 0 aromatic carbocycles. The molecule has 0 unspecified atom stereocenters. The van der Waals surface area contributed by atoms with Crippen molar-refractivity contribution >= 4 is 17.4 Å². The molecule has 0 atom stereocenters. The van der Waals surface area contributed by atoms with Crippen LogP contribution in [0.25, 0.3) is 0 Å². The highest BCUT2D eigenvalue weighted by molar-refractivity contribution is 6.29. The summed E-state index contributed by atoms with van der Waals surface area (Å²) < 4.78 is 0. The first-order valence-electron chi connectivity index (χ1n) is 5.55. The summed E-state index contributed by atoms with van der Waals surface area (Å²) in [5.41, 5.74) is 0. The van der Waals surface area contributed by atoms with Gasteiger partial charge >= 0.3 is 0 Å². The molecule has 0 radical (unpaired) electrons. The zero-order chi connectivity index (χ0) is 10.7. The van der Waals surface area contributed by atoms with Crippen LogP contribution in [0.5, 0.6) is 0 Å². The number of rotatable bonds is 4. The largest absolute Gasteiger partial charge is 0.370 e. The second-order valence-corrected chi connectivity index (χ2v) is 4.41. The van der Waals surface area contributed by atoms with Crippen LogP contribution < -0.4 is 5.32 Å².